The van der Waals surface area contributed by atoms with Gasteiger partial charge in [-0.15, -0.1) is 0 Å². The minimum atomic E-state index is -0.141. The fourth-order valence-electron chi connectivity index (χ4n) is 2.21. The Morgan fingerprint density at radius 3 is 2.45 bits per heavy atom. The Labute approximate surface area is 128 Å². The summed E-state index contributed by atoms with van der Waals surface area (Å²) < 4.78 is 1.77. The number of anilines is 1. The summed E-state index contributed by atoms with van der Waals surface area (Å²) >= 11 is 0. The number of imidazole rings is 1. The fraction of sp³-hybridized carbons (Fsp3) is 0.125. The van der Waals surface area contributed by atoms with E-state index < -0.39 is 0 Å². The molecule has 3 aromatic heterocycles. The molecule has 0 aliphatic heterocycles. The molecular formula is C16H15N5O. The van der Waals surface area contributed by atoms with Crippen molar-refractivity contribution in [2.24, 2.45) is 7.05 Å². The molecule has 3 aromatic rings. The molecule has 0 radical (unpaired) electrons. The van der Waals surface area contributed by atoms with Gasteiger partial charge in [-0.25, -0.2) is 4.98 Å². The maximum absolute atomic E-state index is 12.6. The molecule has 3 rings (SSSR count). The first-order chi connectivity index (χ1) is 10.7. The lowest BCUT2D eigenvalue weighted by Gasteiger charge is -2.17. The summed E-state index contributed by atoms with van der Waals surface area (Å²) in [6.45, 7) is 0. The molecule has 3 heterocycles. The summed E-state index contributed by atoms with van der Waals surface area (Å²) in [6.07, 6.45) is 8.33. The highest BCUT2D eigenvalue weighted by atomic mass is 16.2. The number of rotatable bonds is 3. The van der Waals surface area contributed by atoms with Gasteiger partial charge in [0.2, 0.25) is 0 Å². The smallest absolute Gasteiger partial charge is 0.276 e. The fourth-order valence-corrected chi connectivity index (χ4v) is 2.21. The van der Waals surface area contributed by atoms with E-state index in [-0.39, 0.29) is 5.91 Å². The van der Waals surface area contributed by atoms with Crippen molar-refractivity contribution in [3.8, 4) is 11.4 Å². The largest absolute Gasteiger partial charge is 0.323 e. The number of carbonyl (C=O) groups is 1. The van der Waals surface area contributed by atoms with E-state index in [1.54, 1.807) is 53.6 Å². The molecular weight excluding hydrogens is 278 g/mol. The van der Waals surface area contributed by atoms with Gasteiger partial charge in [0, 0.05) is 38.2 Å². The van der Waals surface area contributed by atoms with Crippen molar-refractivity contribution in [2.45, 2.75) is 0 Å². The van der Waals surface area contributed by atoms with Crippen LogP contribution in [-0.4, -0.2) is 32.5 Å². The summed E-state index contributed by atoms with van der Waals surface area (Å²) in [4.78, 5) is 26.6. The van der Waals surface area contributed by atoms with Crippen molar-refractivity contribution in [1.29, 1.82) is 0 Å². The molecule has 22 heavy (non-hydrogen) atoms. The summed E-state index contributed by atoms with van der Waals surface area (Å²) in [7, 11) is 3.54. The van der Waals surface area contributed by atoms with Crippen molar-refractivity contribution in [2.75, 3.05) is 11.9 Å². The Hall–Kier alpha value is -3.02. The molecule has 0 aliphatic carbocycles. The lowest BCUT2D eigenvalue weighted by molar-refractivity contribution is 0.0985. The third-order valence-corrected chi connectivity index (χ3v) is 3.46. The minimum absolute atomic E-state index is 0.141. The first-order valence-corrected chi connectivity index (χ1v) is 6.78. The molecule has 0 unspecified atom stereocenters. The van der Waals surface area contributed by atoms with Crippen LogP contribution in [0.15, 0.2) is 55.2 Å². The SMILES string of the molecule is CN(C(=O)c1cnc(-c2cccnc2)n1C)c1cccnc1. The zero-order chi connectivity index (χ0) is 15.5. The second-order valence-electron chi connectivity index (χ2n) is 4.84. The highest BCUT2D eigenvalue weighted by Gasteiger charge is 2.19. The van der Waals surface area contributed by atoms with Gasteiger partial charge in [0.15, 0.2) is 0 Å². The number of hydrogen-bond acceptors (Lipinski definition) is 4. The topological polar surface area (TPSA) is 63.9 Å². The standard InChI is InChI=1S/C16H15N5O/c1-20(13-6-4-8-18-10-13)16(22)14-11-19-15(21(14)2)12-5-3-7-17-9-12/h3-11H,1-2H3. The molecule has 110 valence electrons. The average molecular weight is 293 g/mol. The van der Waals surface area contributed by atoms with E-state index in [2.05, 4.69) is 15.0 Å². The van der Waals surface area contributed by atoms with Gasteiger partial charge in [0.1, 0.15) is 11.5 Å². The predicted molar refractivity (Wildman–Crippen MR) is 83.4 cm³/mol. The predicted octanol–water partition coefficient (Wildman–Crippen LogP) is 2.15. The van der Waals surface area contributed by atoms with Crippen LogP contribution in [0, 0.1) is 0 Å². The van der Waals surface area contributed by atoms with Crippen LogP contribution < -0.4 is 4.90 Å². The van der Waals surface area contributed by atoms with Crippen molar-refractivity contribution in [3.05, 3.63) is 60.9 Å². The first kappa shape index (κ1) is 13.9. The van der Waals surface area contributed by atoms with E-state index in [1.165, 1.54) is 0 Å². The van der Waals surface area contributed by atoms with E-state index in [1.807, 2.05) is 25.2 Å². The van der Waals surface area contributed by atoms with E-state index in [0.29, 0.717) is 11.5 Å². The Morgan fingerprint density at radius 2 is 1.82 bits per heavy atom. The van der Waals surface area contributed by atoms with Crippen LogP contribution in [0.3, 0.4) is 0 Å². The zero-order valence-corrected chi connectivity index (χ0v) is 12.3. The average Bonchev–Trinajstić information content (AvgIpc) is 2.96. The Balaban J connectivity index is 1.93. The summed E-state index contributed by atoms with van der Waals surface area (Å²) in [5.74, 6) is 0.564. The monoisotopic (exact) mass is 293 g/mol. The van der Waals surface area contributed by atoms with Crippen molar-refractivity contribution >= 4 is 11.6 Å². The quantitative estimate of drug-likeness (QED) is 0.742. The summed E-state index contributed by atoms with van der Waals surface area (Å²) in [5.41, 5.74) is 2.11. The van der Waals surface area contributed by atoms with E-state index in [0.717, 1.165) is 11.3 Å². The normalized spacial score (nSPS) is 10.5. The van der Waals surface area contributed by atoms with Crippen molar-refractivity contribution in [1.82, 2.24) is 19.5 Å². The molecule has 0 spiro atoms. The van der Waals surface area contributed by atoms with Crippen LogP contribution in [0.4, 0.5) is 5.69 Å². The summed E-state index contributed by atoms with van der Waals surface area (Å²) in [6, 6.07) is 7.38. The van der Waals surface area contributed by atoms with E-state index >= 15 is 0 Å². The van der Waals surface area contributed by atoms with Crippen LogP contribution in [0.1, 0.15) is 10.5 Å². The van der Waals surface area contributed by atoms with Gasteiger partial charge in [-0.1, -0.05) is 0 Å². The number of amides is 1. The van der Waals surface area contributed by atoms with Crippen LogP contribution in [0.5, 0.6) is 0 Å². The minimum Gasteiger partial charge on any atom is -0.323 e. The molecule has 0 saturated carbocycles. The molecule has 0 fully saturated rings. The van der Waals surface area contributed by atoms with Crippen LogP contribution in [0.2, 0.25) is 0 Å². The Kier molecular flexibility index (Phi) is 3.65. The Bertz CT molecular complexity index is 783. The van der Waals surface area contributed by atoms with Gasteiger partial charge in [-0.2, -0.15) is 0 Å². The molecule has 6 heteroatoms. The van der Waals surface area contributed by atoms with Gasteiger partial charge < -0.3 is 9.47 Å². The Morgan fingerprint density at radius 1 is 1.09 bits per heavy atom. The number of carbonyl (C=O) groups excluding carboxylic acids is 1. The molecule has 6 nitrogen and oxygen atoms in total. The van der Waals surface area contributed by atoms with Crippen LogP contribution in [0.25, 0.3) is 11.4 Å². The number of pyridine rings is 2. The van der Waals surface area contributed by atoms with Gasteiger partial charge in [0.05, 0.1) is 18.1 Å². The third kappa shape index (κ3) is 2.46. The lowest BCUT2D eigenvalue weighted by atomic mass is 10.3. The molecule has 1 amide bonds. The second kappa shape index (κ2) is 5.77. The summed E-state index contributed by atoms with van der Waals surface area (Å²) in [5, 5.41) is 0. The van der Waals surface area contributed by atoms with E-state index in [9.17, 15) is 4.79 Å². The lowest BCUT2D eigenvalue weighted by Crippen LogP contribution is -2.28. The first-order valence-electron chi connectivity index (χ1n) is 6.78. The zero-order valence-electron chi connectivity index (χ0n) is 12.3. The highest BCUT2D eigenvalue weighted by Crippen LogP contribution is 2.19. The molecule has 0 bridgehead atoms. The third-order valence-electron chi connectivity index (χ3n) is 3.46. The molecule has 0 N–H and O–H groups in total. The van der Waals surface area contributed by atoms with Gasteiger partial charge in [-0.05, 0) is 24.3 Å². The maximum Gasteiger partial charge on any atom is 0.276 e. The number of nitrogens with zero attached hydrogens (tertiary/aromatic N) is 5. The van der Waals surface area contributed by atoms with Gasteiger partial charge >= 0.3 is 0 Å². The van der Waals surface area contributed by atoms with Crippen molar-refractivity contribution < 1.29 is 4.79 Å². The van der Waals surface area contributed by atoms with Crippen LogP contribution >= 0.6 is 0 Å². The maximum atomic E-state index is 12.6. The molecule has 0 aromatic carbocycles. The number of aromatic nitrogens is 4. The molecule has 0 saturated heterocycles. The van der Waals surface area contributed by atoms with Gasteiger partial charge in [-0.3, -0.25) is 14.8 Å². The van der Waals surface area contributed by atoms with Gasteiger partial charge in [0.25, 0.3) is 5.91 Å². The highest BCUT2D eigenvalue weighted by molar-refractivity contribution is 6.04. The van der Waals surface area contributed by atoms with Crippen molar-refractivity contribution in [3.63, 3.8) is 0 Å². The van der Waals surface area contributed by atoms with E-state index in [4.69, 9.17) is 0 Å². The number of hydrogen-bond donors (Lipinski definition) is 0. The second-order valence-corrected chi connectivity index (χ2v) is 4.84. The van der Waals surface area contributed by atoms with Crippen LogP contribution in [-0.2, 0) is 7.05 Å². The molecule has 0 atom stereocenters. The molecule has 0 aliphatic rings.